The molecular weight excluding hydrogens is 597 g/mol. The molecule has 232 valence electrons. The van der Waals surface area contributed by atoms with E-state index in [1.165, 1.54) is 10.9 Å². The molecule has 7 rings (SSSR count). The number of nitrogens with zero attached hydrogens (tertiary/aromatic N) is 5. The molecule has 13 heteroatoms. The van der Waals surface area contributed by atoms with Gasteiger partial charge in [0, 0.05) is 61.6 Å². The summed E-state index contributed by atoms with van der Waals surface area (Å²) in [5.41, 5.74) is 14.6. The minimum absolute atomic E-state index is 0.0557. The Labute approximate surface area is 262 Å². The number of halogens is 1. The van der Waals surface area contributed by atoms with Crippen LogP contribution in [0.25, 0.3) is 32.6 Å². The SMILES string of the molecule is Cc1c(CN2CCN(C(=O)c3cc4cccc(C(N)=O)c4o3)CC2)sc2c(N3CCOCC3)nc(-c3ccc(F)c(N)c3)nc12. The van der Waals surface area contributed by atoms with Crippen LogP contribution in [-0.4, -0.2) is 84.1 Å². The number of amides is 2. The number of nitrogens with two attached hydrogens (primary N) is 2. The normalized spacial score (nSPS) is 16.1. The van der Waals surface area contributed by atoms with Gasteiger partial charge in [0.25, 0.3) is 11.8 Å². The van der Waals surface area contributed by atoms with Crippen molar-refractivity contribution in [3.63, 3.8) is 0 Å². The predicted octanol–water partition coefficient (Wildman–Crippen LogP) is 4.03. The minimum Gasteiger partial charge on any atom is -0.450 e. The summed E-state index contributed by atoms with van der Waals surface area (Å²) in [6.07, 6.45) is 0. The van der Waals surface area contributed by atoms with Crippen molar-refractivity contribution in [1.29, 1.82) is 0 Å². The number of benzene rings is 2. The van der Waals surface area contributed by atoms with Gasteiger partial charge in [0.15, 0.2) is 17.4 Å². The molecule has 2 saturated heterocycles. The number of carbonyl (C=O) groups excluding carboxylic acids is 2. The molecular formula is C32H32FN7O4S. The van der Waals surface area contributed by atoms with Crippen molar-refractivity contribution in [2.45, 2.75) is 13.5 Å². The number of primary amides is 1. The van der Waals surface area contributed by atoms with Gasteiger partial charge in [-0.3, -0.25) is 14.5 Å². The second-order valence-electron chi connectivity index (χ2n) is 11.3. The highest BCUT2D eigenvalue weighted by Crippen LogP contribution is 2.38. The molecule has 0 unspecified atom stereocenters. The summed E-state index contributed by atoms with van der Waals surface area (Å²) in [5.74, 6) is 0.265. The Morgan fingerprint density at radius 1 is 1.02 bits per heavy atom. The van der Waals surface area contributed by atoms with Crippen molar-refractivity contribution in [1.82, 2.24) is 19.8 Å². The van der Waals surface area contributed by atoms with Crippen molar-refractivity contribution < 1.29 is 23.1 Å². The summed E-state index contributed by atoms with van der Waals surface area (Å²) in [6.45, 7) is 7.91. The fourth-order valence-electron chi connectivity index (χ4n) is 5.90. The summed E-state index contributed by atoms with van der Waals surface area (Å²) < 4.78 is 26.3. The molecule has 5 heterocycles. The molecule has 0 aliphatic carbocycles. The second kappa shape index (κ2) is 11.7. The van der Waals surface area contributed by atoms with E-state index in [1.807, 2.05) is 0 Å². The van der Waals surface area contributed by atoms with Crippen LogP contribution in [-0.2, 0) is 11.3 Å². The van der Waals surface area contributed by atoms with E-state index >= 15 is 0 Å². The third-order valence-electron chi connectivity index (χ3n) is 8.46. The number of aryl methyl sites for hydroxylation is 1. The molecule has 2 fully saturated rings. The number of anilines is 2. The largest absolute Gasteiger partial charge is 0.450 e. The zero-order valence-corrected chi connectivity index (χ0v) is 25.5. The molecule has 0 spiro atoms. The van der Waals surface area contributed by atoms with Gasteiger partial charge in [-0.2, -0.15) is 0 Å². The highest BCUT2D eigenvalue weighted by molar-refractivity contribution is 7.19. The topological polar surface area (TPSA) is 144 Å². The average Bonchev–Trinajstić information content (AvgIpc) is 3.63. The number of carbonyl (C=O) groups is 2. The number of furan rings is 1. The van der Waals surface area contributed by atoms with Gasteiger partial charge in [0.2, 0.25) is 0 Å². The predicted molar refractivity (Wildman–Crippen MR) is 171 cm³/mol. The average molecular weight is 630 g/mol. The van der Waals surface area contributed by atoms with Crippen molar-refractivity contribution in [3.05, 3.63) is 70.0 Å². The van der Waals surface area contributed by atoms with E-state index in [9.17, 15) is 14.0 Å². The molecule has 45 heavy (non-hydrogen) atoms. The fraction of sp³-hybridized carbons (Fsp3) is 0.312. The number of thiophene rings is 1. The number of piperazine rings is 1. The number of nitrogen functional groups attached to an aromatic ring is 1. The Kier molecular flexibility index (Phi) is 7.59. The number of hydrogen-bond acceptors (Lipinski definition) is 10. The van der Waals surface area contributed by atoms with Gasteiger partial charge in [0.1, 0.15) is 11.4 Å². The summed E-state index contributed by atoms with van der Waals surface area (Å²) in [4.78, 5) is 42.5. The minimum atomic E-state index is -0.599. The molecule has 5 aromatic rings. The van der Waals surface area contributed by atoms with Crippen LogP contribution < -0.4 is 16.4 Å². The Hall–Kier alpha value is -4.59. The Morgan fingerprint density at radius 2 is 1.80 bits per heavy atom. The van der Waals surface area contributed by atoms with Crippen molar-refractivity contribution in [2.75, 3.05) is 63.1 Å². The number of para-hydroxylation sites is 1. The van der Waals surface area contributed by atoms with Crippen LogP contribution in [0, 0.1) is 12.7 Å². The zero-order chi connectivity index (χ0) is 31.2. The van der Waals surface area contributed by atoms with Crippen LogP contribution in [0.15, 0.2) is 46.9 Å². The molecule has 2 amide bonds. The molecule has 4 N–H and O–H groups in total. The van der Waals surface area contributed by atoms with Gasteiger partial charge in [-0.1, -0.05) is 12.1 Å². The molecule has 0 saturated carbocycles. The first-order valence-electron chi connectivity index (χ1n) is 14.8. The number of ether oxygens (including phenoxy) is 1. The zero-order valence-electron chi connectivity index (χ0n) is 24.7. The molecule has 2 aliphatic rings. The number of aromatic nitrogens is 2. The van der Waals surface area contributed by atoms with E-state index in [0.717, 1.165) is 21.6 Å². The number of hydrogen-bond donors (Lipinski definition) is 2. The van der Waals surface area contributed by atoms with Gasteiger partial charge in [-0.25, -0.2) is 14.4 Å². The lowest BCUT2D eigenvalue weighted by Crippen LogP contribution is -2.48. The fourth-order valence-corrected chi connectivity index (χ4v) is 7.21. The first-order chi connectivity index (χ1) is 21.8. The molecule has 0 bridgehead atoms. The summed E-state index contributed by atoms with van der Waals surface area (Å²) in [6, 6.07) is 11.3. The van der Waals surface area contributed by atoms with Crippen LogP contribution in [0.3, 0.4) is 0 Å². The maximum atomic E-state index is 13.9. The number of morpholine rings is 1. The third-order valence-corrected chi connectivity index (χ3v) is 9.72. The smallest absolute Gasteiger partial charge is 0.289 e. The first kappa shape index (κ1) is 29.1. The lowest BCUT2D eigenvalue weighted by molar-refractivity contribution is 0.0600. The lowest BCUT2D eigenvalue weighted by Gasteiger charge is -2.34. The third kappa shape index (κ3) is 5.47. The van der Waals surface area contributed by atoms with Crippen molar-refractivity contribution in [2.24, 2.45) is 5.73 Å². The standard InChI is InChI=1S/C32H32FN7O4S/c1-18-25(17-38-7-9-40(10-8-38)32(42)24-16-19-3-2-4-21(29(35)41)27(19)44-24)45-28-26(18)36-30(20-5-6-22(33)23(34)15-20)37-31(28)39-11-13-43-14-12-39/h2-6,15-16H,7-14,17,34H2,1H3,(H2,35,41). The Balaban J connectivity index is 1.12. The van der Waals surface area contributed by atoms with Gasteiger partial charge in [-0.15, -0.1) is 11.3 Å². The van der Waals surface area contributed by atoms with Gasteiger partial charge in [0.05, 0.1) is 34.7 Å². The van der Waals surface area contributed by atoms with E-state index in [2.05, 4.69) is 16.7 Å². The maximum absolute atomic E-state index is 13.9. The second-order valence-corrected chi connectivity index (χ2v) is 12.4. The molecule has 2 aromatic carbocycles. The van der Waals surface area contributed by atoms with E-state index in [-0.39, 0.29) is 22.9 Å². The van der Waals surface area contributed by atoms with Crippen LogP contribution in [0.4, 0.5) is 15.9 Å². The van der Waals surface area contributed by atoms with Gasteiger partial charge < -0.3 is 30.4 Å². The van der Waals surface area contributed by atoms with E-state index < -0.39 is 11.7 Å². The maximum Gasteiger partial charge on any atom is 0.289 e. The quantitative estimate of drug-likeness (QED) is 0.266. The summed E-state index contributed by atoms with van der Waals surface area (Å²) in [5, 5.41) is 0.666. The van der Waals surface area contributed by atoms with Crippen LogP contribution in [0.2, 0.25) is 0 Å². The van der Waals surface area contributed by atoms with Gasteiger partial charge in [-0.05, 0) is 42.8 Å². The van der Waals surface area contributed by atoms with E-state index in [1.54, 1.807) is 52.6 Å². The van der Waals surface area contributed by atoms with E-state index in [4.69, 9.17) is 30.6 Å². The number of fused-ring (bicyclic) bond motifs is 2. The van der Waals surface area contributed by atoms with Crippen molar-refractivity contribution >= 4 is 55.8 Å². The summed E-state index contributed by atoms with van der Waals surface area (Å²) in [7, 11) is 0. The van der Waals surface area contributed by atoms with Gasteiger partial charge >= 0.3 is 0 Å². The highest BCUT2D eigenvalue weighted by atomic mass is 32.1. The van der Waals surface area contributed by atoms with Crippen LogP contribution in [0.5, 0.6) is 0 Å². The van der Waals surface area contributed by atoms with Crippen molar-refractivity contribution in [3.8, 4) is 11.4 Å². The first-order valence-corrected chi connectivity index (χ1v) is 15.6. The molecule has 0 radical (unpaired) electrons. The van der Waals surface area contributed by atoms with E-state index in [0.29, 0.717) is 81.4 Å². The lowest BCUT2D eigenvalue weighted by atomic mass is 10.1. The molecule has 2 aliphatic heterocycles. The van der Waals surface area contributed by atoms with Crippen LogP contribution in [0.1, 0.15) is 31.4 Å². The number of rotatable bonds is 6. The monoisotopic (exact) mass is 629 g/mol. The molecule has 0 atom stereocenters. The van der Waals surface area contributed by atoms with Crippen LogP contribution >= 0.6 is 11.3 Å². The Bertz CT molecular complexity index is 1940. The highest BCUT2D eigenvalue weighted by Gasteiger charge is 2.28. The Morgan fingerprint density at radius 3 is 2.53 bits per heavy atom. The molecule has 3 aromatic heterocycles. The molecule has 11 nitrogen and oxygen atoms in total. The summed E-state index contributed by atoms with van der Waals surface area (Å²) >= 11 is 1.69.